The first-order valence-electron chi connectivity index (χ1n) is 6.20. The molecule has 1 nitrogen and oxygen atoms in total. The Morgan fingerprint density at radius 3 is 1.79 bits per heavy atom. The molecule has 0 aliphatic rings. The molecule has 2 heteroatoms. The van der Waals surface area contributed by atoms with Gasteiger partial charge < -0.3 is 0 Å². The molecule has 14 heavy (non-hydrogen) atoms. The quantitative estimate of drug-likeness (QED) is 0.436. The number of hydrogen-bond donors (Lipinski definition) is 0. The van der Waals surface area contributed by atoms with Crippen LogP contribution in [0.25, 0.3) is 0 Å². The molecule has 0 saturated heterocycles. The van der Waals surface area contributed by atoms with Crippen LogP contribution in [0.5, 0.6) is 0 Å². The Bertz CT molecular complexity index is 115. The molecular formula is C12H25OSn. The zero-order valence-electron chi connectivity index (χ0n) is 9.85. The summed E-state index contributed by atoms with van der Waals surface area (Å²) in [5.74, 6) is 0.803. The van der Waals surface area contributed by atoms with Gasteiger partial charge in [0.1, 0.15) is 0 Å². The summed E-state index contributed by atoms with van der Waals surface area (Å²) in [4.78, 5) is 0. The Morgan fingerprint density at radius 1 is 0.929 bits per heavy atom. The number of rotatable bonds is 10. The predicted molar refractivity (Wildman–Crippen MR) is 63.0 cm³/mol. The molecular weight excluding hydrogens is 279 g/mol. The second-order valence-electron chi connectivity index (χ2n) is 4.21. The van der Waals surface area contributed by atoms with Gasteiger partial charge in [-0.15, -0.1) is 0 Å². The third-order valence-electron chi connectivity index (χ3n) is 2.80. The first-order valence-corrected chi connectivity index (χ1v) is 9.38. The molecule has 0 unspecified atom stereocenters. The van der Waals surface area contributed by atoms with Crippen LogP contribution in [0, 0.1) is 5.92 Å². The molecule has 0 aromatic carbocycles. The summed E-state index contributed by atoms with van der Waals surface area (Å²) in [6.45, 7) is 4.49. The van der Waals surface area contributed by atoms with E-state index in [9.17, 15) is 3.08 Å². The molecule has 0 N–H and O–H groups in total. The summed E-state index contributed by atoms with van der Waals surface area (Å²) in [5.41, 5.74) is 0. The van der Waals surface area contributed by atoms with Crippen LogP contribution in [-0.4, -0.2) is 21.1 Å². The van der Waals surface area contributed by atoms with E-state index >= 15 is 0 Å². The van der Waals surface area contributed by atoms with Crippen molar-refractivity contribution in [3.8, 4) is 0 Å². The fourth-order valence-electron chi connectivity index (χ4n) is 1.83. The molecule has 0 aliphatic heterocycles. The SMILES string of the molecule is CCCCCC(CCCCC)[CH2][Sn]=[O]. The third kappa shape index (κ3) is 9.17. The second-order valence-corrected chi connectivity index (χ2v) is 6.20. The van der Waals surface area contributed by atoms with Gasteiger partial charge in [-0.25, -0.2) is 0 Å². The van der Waals surface area contributed by atoms with Crippen LogP contribution in [0.15, 0.2) is 0 Å². The maximum atomic E-state index is 10.8. The molecule has 0 fully saturated rings. The molecule has 0 heterocycles. The molecule has 0 atom stereocenters. The van der Waals surface area contributed by atoms with E-state index in [0.29, 0.717) is 0 Å². The summed E-state index contributed by atoms with van der Waals surface area (Å²) >= 11 is -1.19. The molecule has 0 aromatic heterocycles. The summed E-state index contributed by atoms with van der Waals surface area (Å²) < 4.78 is 11.9. The zero-order chi connectivity index (χ0) is 10.6. The molecule has 0 aromatic rings. The van der Waals surface area contributed by atoms with Crippen molar-refractivity contribution in [1.29, 1.82) is 0 Å². The Hall–Kier alpha value is 0.599. The minimum atomic E-state index is -1.19. The van der Waals surface area contributed by atoms with Gasteiger partial charge >= 0.3 is 99.8 Å². The van der Waals surface area contributed by atoms with Crippen molar-refractivity contribution in [3.05, 3.63) is 0 Å². The van der Waals surface area contributed by atoms with Crippen LogP contribution in [0.3, 0.4) is 0 Å². The summed E-state index contributed by atoms with van der Waals surface area (Å²) in [6.07, 6.45) is 10.7. The Labute approximate surface area is 99.6 Å². The van der Waals surface area contributed by atoms with E-state index < -0.39 is 21.1 Å². The Balaban J connectivity index is 3.49. The molecule has 0 aliphatic carbocycles. The average molecular weight is 304 g/mol. The van der Waals surface area contributed by atoms with E-state index in [4.69, 9.17) is 0 Å². The van der Waals surface area contributed by atoms with Crippen molar-refractivity contribution in [2.24, 2.45) is 5.92 Å². The van der Waals surface area contributed by atoms with Crippen LogP contribution in [-0.2, 0) is 3.08 Å². The van der Waals surface area contributed by atoms with Gasteiger partial charge in [0, 0.05) is 0 Å². The van der Waals surface area contributed by atoms with E-state index in [-0.39, 0.29) is 0 Å². The molecule has 0 amide bonds. The van der Waals surface area contributed by atoms with Crippen molar-refractivity contribution in [1.82, 2.24) is 0 Å². The summed E-state index contributed by atoms with van der Waals surface area (Å²) in [5, 5.41) is 0. The Morgan fingerprint density at radius 2 is 1.43 bits per heavy atom. The van der Waals surface area contributed by atoms with E-state index in [2.05, 4.69) is 13.8 Å². The first kappa shape index (κ1) is 14.6. The van der Waals surface area contributed by atoms with E-state index in [1.807, 2.05) is 0 Å². The summed E-state index contributed by atoms with van der Waals surface area (Å²) in [6, 6.07) is 0. The van der Waals surface area contributed by atoms with Crippen molar-refractivity contribution in [2.45, 2.75) is 69.7 Å². The fraction of sp³-hybridized carbons (Fsp3) is 1.00. The second kappa shape index (κ2) is 11.7. The standard InChI is InChI=1S/C12H25.O.Sn/c1-4-6-8-10-12(3)11-9-7-5-2;;/h12H,3-11H2,1-2H3;;. The minimum absolute atomic E-state index is 0.803. The van der Waals surface area contributed by atoms with Gasteiger partial charge in [-0.05, 0) is 0 Å². The first-order chi connectivity index (χ1) is 6.85. The van der Waals surface area contributed by atoms with Gasteiger partial charge in [-0.1, -0.05) is 0 Å². The molecule has 83 valence electrons. The van der Waals surface area contributed by atoms with Gasteiger partial charge in [-0.3, -0.25) is 0 Å². The van der Waals surface area contributed by atoms with Crippen molar-refractivity contribution in [2.75, 3.05) is 0 Å². The van der Waals surface area contributed by atoms with Crippen LogP contribution >= 0.6 is 0 Å². The fourth-order valence-corrected chi connectivity index (χ4v) is 3.67. The molecule has 0 saturated carbocycles. The summed E-state index contributed by atoms with van der Waals surface area (Å²) in [7, 11) is 0. The van der Waals surface area contributed by atoms with Gasteiger partial charge in [0.25, 0.3) is 0 Å². The maximum absolute atomic E-state index is 10.8. The zero-order valence-corrected chi connectivity index (χ0v) is 12.7. The van der Waals surface area contributed by atoms with Gasteiger partial charge in [0.2, 0.25) is 0 Å². The van der Waals surface area contributed by atoms with Crippen molar-refractivity contribution < 1.29 is 3.08 Å². The van der Waals surface area contributed by atoms with Crippen LogP contribution < -0.4 is 0 Å². The third-order valence-corrected chi connectivity index (χ3v) is 4.93. The number of hydrogen-bond acceptors (Lipinski definition) is 1. The molecule has 0 rings (SSSR count). The van der Waals surface area contributed by atoms with Crippen LogP contribution in [0.1, 0.15) is 65.2 Å². The Kier molecular flexibility index (Phi) is 12.2. The molecule has 0 spiro atoms. The van der Waals surface area contributed by atoms with Crippen LogP contribution in [0.4, 0.5) is 0 Å². The van der Waals surface area contributed by atoms with Gasteiger partial charge in [-0.2, -0.15) is 0 Å². The average Bonchev–Trinajstić information content (AvgIpc) is 2.18. The van der Waals surface area contributed by atoms with Gasteiger partial charge in [0.05, 0.1) is 0 Å². The number of unbranched alkanes of at least 4 members (excludes halogenated alkanes) is 4. The normalized spacial score (nSPS) is 10.8. The van der Waals surface area contributed by atoms with Crippen molar-refractivity contribution >= 4 is 21.1 Å². The van der Waals surface area contributed by atoms with E-state index in [1.165, 1.54) is 51.4 Å². The van der Waals surface area contributed by atoms with E-state index in [1.54, 1.807) is 0 Å². The van der Waals surface area contributed by atoms with Crippen LogP contribution in [0.2, 0.25) is 4.44 Å². The predicted octanol–water partition coefficient (Wildman–Crippen LogP) is 4.23. The van der Waals surface area contributed by atoms with Gasteiger partial charge in [0.15, 0.2) is 0 Å². The van der Waals surface area contributed by atoms with Crippen molar-refractivity contribution in [3.63, 3.8) is 0 Å². The molecule has 1 radical (unpaired) electrons. The topological polar surface area (TPSA) is 17.1 Å². The molecule has 0 bridgehead atoms. The van der Waals surface area contributed by atoms with E-state index in [0.717, 1.165) is 10.4 Å². The monoisotopic (exact) mass is 305 g/mol.